The first-order valence-corrected chi connectivity index (χ1v) is 6.05. The summed E-state index contributed by atoms with van der Waals surface area (Å²) in [4.78, 5) is 0. The van der Waals surface area contributed by atoms with Gasteiger partial charge in [0.1, 0.15) is 0 Å². The van der Waals surface area contributed by atoms with Gasteiger partial charge in [-0.3, -0.25) is 0 Å². The summed E-state index contributed by atoms with van der Waals surface area (Å²) in [5, 5.41) is 6.28. The van der Waals surface area contributed by atoms with Crippen molar-refractivity contribution in [3.8, 4) is 11.5 Å². The van der Waals surface area contributed by atoms with Gasteiger partial charge in [0.15, 0.2) is 11.5 Å². The van der Waals surface area contributed by atoms with Crippen molar-refractivity contribution in [1.29, 1.82) is 0 Å². The number of nitrogens with zero attached hydrogens (tertiary/aromatic N) is 1. The average Bonchev–Trinajstić information content (AvgIpc) is 2.28. The minimum absolute atomic E-state index is 0.0381. The van der Waals surface area contributed by atoms with Crippen LogP contribution in [-0.2, 0) is 0 Å². The molecule has 0 saturated heterocycles. The van der Waals surface area contributed by atoms with E-state index in [2.05, 4.69) is 26.1 Å². The summed E-state index contributed by atoms with van der Waals surface area (Å²) in [7, 11) is 1.59. The highest BCUT2D eigenvalue weighted by Crippen LogP contribution is 2.35. The van der Waals surface area contributed by atoms with Crippen LogP contribution in [-0.4, -0.2) is 25.9 Å². The van der Waals surface area contributed by atoms with Gasteiger partial charge in [-0.15, -0.1) is 5.10 Å². The van der Waals surface area contributed by atoms with Gasteiger partial charge in [-0.25, -0.2) is 0 Å². The van der Waals surface area contributed by atoms with Crippen LogP contribution in [0.3, 0.4) is 0 Å². The topological polar surface area (TPSA) is 96.8 Å². The molecule has 0 spiro atoms. The highest BCUT2D eigenvalue weighted by atomic mass is 79.9. The van der Waals surface area contributed by atoms with Crippen molar-refractivity contribution in [2.24, 2.45) is 16.6 Å². The lowest BCUT2D eigenvalue weighted by Gasteiger charge is -2.11. The van der Waals surface area contributed by atoms with Gasteiger partial charge in [-0.05, 0) is 35.0 Å². The highest BCUT2D eigenvalue weighted by Gasteiger charge is 2.11. The lowest BCUT2D eigenvalue weighted by Crippen LogP contribution is -2.63. The number of hydrazone groups is 1. The SMILES string of the molecule is CCOc1cc(/C=[NH+]\N=C(N)N)cc(Br)c1OC. The zero-order valence-corrected chi connectivity index (χ0v) is 11.8. The summed E-state index contributed by atoms with van der Waals surface area (Å²) in [6.07, 6.45) is 1.65. The number of hydrogen-bond acceptors (Lipinski definition) is 3. The second-order valence-electron chi connectivity index (χ2n) is 3.28. The largest absolute Gasteiger partial charge is 0.492 e. The molecule has 1 rings (SSSR count). The van der Waals surface area contributed by atoms with E-state index in [4.69, 9.17) is 20.9 Å². The maximum Gasteiger partial charge on any atom is 0.256 e. The molecule has 0 aliphatic heterocycles. The molecular weight excluding hydrogens is 300 g/mol. The molecule has 0 aliphatic rings. The molecule has 18 heavy (non-hydrogen) atoms. The average molecular weight is 316 g/mol. The van der Waals surface area contributed by atoms with Gasteiger partial charge < -0.3 is 20.9 Å². The first-order valence-electron chi connectivity index (χ1n) is 5.26. The van der Waals surface area contributed by atoms with E-state index in [1.54, 1.807) is 13.3 Å². The third kappa shape index (κ3) is 3.92. The Balaban J connectivity index is 3.08. The molecule has 0 aliphatic carbocycles. The van der Waals surface area contributed by atoms with Crippen molar-refractivity contribution in [3.05, 3.63) is 22.2 Å². The van der Waals surface area contributed by atoms with E-state index in [-0.39, 0.29) is 5.96 Å². The van der Waals surface area contributed by atoms with Crippen LogP contribution in [0.1, 0.15) is 12.5 Å². The summed E-state index contributed by atoms with van der Waals surface area (Å²) in [5.41, 5.74) is 11.2. The quantitative estimate of drug-likeness (QED) is 0.389. The molecule has 1 aromatic carbocycles. The standard InChI is InChI=1S/C11H15BrN4O2/c1-3-18-9-5-7(6-15-16-11(13)14)4-8(12)10(9)17-2/h4-6H,3H2,1-2H3,(H4,13,14,16)/p+1/b15-6-. The summed E-state index contributed by atoms with van der Waals surface area (Å²) in [6, 6.07) is 3.68. The molecule has 0 radical (unpaired) electrons. The third-order valence-corrected chi connectivity index (χ3v) is 2.55. The van der Waals surface area contributed by atoms with Crippen molar-refractivity contribution >= 4 is 28.1 Å². The van der Waals surface area contributed by atoms with Gasteiger partial charge in [0.2, 0.25) is 6.21 Å². The fraction of sp³-hybridized carbons (Fsp3) is 0.273. The molecule has 6 nitrogen and oxygen atoms in total. The zero-order chi connectivity index (χ0) is 13.5. The number of nitrogens with two attached hydrogens (primary N) is 2. The zero-order valence-electron chi connectivity index (χ0n) is 10.2. The number of benzene rings is 1. The molecule has 0 amide bonds. The lowest BCUT2D eigenvalue weighted by atomic mass is 10.2. The molecule has 0 heterocycles. The van der Waals surface area contributed by atoms with E-state index in [9.17, 15) is 0 Å². The molecule has 7 heteroatoms. The Morgan fingerprint density at radius 2 is 2.22 bits per heavy atom. The van der Waals surface area contributed by atoms with Gasteiger partial charge in [0.25, 0.3) is 5.96 Å². The van der Waals surface area contributed by atoms with E-state index in [0.29, 0.717) is 18.1 Å². The van der Waals surface area contributed by atoms with Crippen LogP contribution in [0.15, 0.2) is 21.7 Å². The highest BCUT2D eigenvalue weighted by molar-refractivity contribution is 9.10. The van der Waals surface area contributed by atoms with Crippen LogP contribution in [0.5, 0.6) is 11.5 Å². The Morgan fingerprint density at radius 3 is 2.78 bits per heavy atom. The van der Waals surface area contributed by atoms with Crippen LogP contribution in [0.25, 0.3) is 0 Å². The van der Waals surface area contributed by atoms with E-state index in [0.717, 1.165) is 10.0 Å². The third-order valence-electron chi connectivity index (χ3n) is 1.96. The maximum absolute atomic E-state index is 5.49. The number of halogens is 1. The van der Waals surface area contributed by atoms with Crippen molar-refractivity contribution in [2.45, 2.75) is 6.92 Å². The molecule has 5 N–H and O–H groups in total. The summed E-state index contributed by atoms with van der Waals surface area (Å²) in [5.74, 6) is 1.26. The van der Waals surface area contributed by atoms with E-state index in [1.807, 2.05) is 19.1 Å². The Kier molecular flexibility index (Phi) is 5.44. The fourth-order valence-electron chi connectivity index (χ4n) is 1.31. The molecule has 0 bridgehead atoms. The van der Waals surface area contributed by atoms with Crippen molar-refractivity contribution in [2.75, 3.05) is 13.7 Å². The van der Waals surface area contributed by atoms with Crippen LogP contribution in [0, 0.1) is 0 Å². The molecular formula is C11H16BrN4O2+. The second kappa shape index (κ2) is 6.85. The van der Waals surface area contributed by atoms with Gasteiger partial charge >= 0.3 is 0 Å². The summed E-state index contributed by atoms with van der Waals surface area (Å²) < 4.78 is 11.5. The first-order chi connectivity index (χ1) is 8.58. The predicted octanol–water partition coefficient (Wildman–Crippen LogP) is -0.456. The van der Waals surface area contributed by atoms with Crippen LogP contribution >= 0.6 is 15.9 Å². The van der Waals surface area contributed by atoms with Crippen LogP contribution < -0.4 is 26.0 Å². The number of hydrogen-bond donors (Lipinski definition) is 3. The Labute approximate surface area is 114 Å². The van der Waals surface area contributed by atoms with E-state index in [1.165, 1.54) is 0 Å². The van der Waals surface area contributed by atoms with Gasteiger partial charge in [-0.2, -0.15) is 0 Å². The Morgan fingerprint density at radius 1 is 1.50 bits per heavy atom. The fourth-order valence-corrected chi connectivity index (χ4v) is 1.94. The first kappa shape index (κ1) is 14.3. The smallest absolute Gasteiger partial charge is 0.256 e. The molecule has 0 unspecified atom stereocenters. The lowest BCUT2D eigenvalue weighted by molar-refractivity contribution is -0.456. The predicted molar refractivity (Wildman–Crippen MR) is 73.8 cm³/mol. The second-order valence-corrected chi connectivity index (χ2v) is 4.13. The van der Waals surface area contributed by atoms with E-state index < -0.39 is 0 Å². The van der Waals surface area contributed by atoms with Crippen LogP contribution in [0.2, 0.25) is 0 Å². The molecule has 0 atom stereocenters. The molecule has 98 valence electrons. The Bertz CT molecular complexity index is 470. The minimum atomic E-state index is -0.0381. The van der Waals surface area contributed by atoms with Crippen LogP contribution in [0.4, 0.5) is 0 Å². The van der Waals surface area contributed by atoms with Gasteiger partial charge in [0.05, 0.1) is 18.2 Å². The monoisotopic (exact) mass is 315 g/mol. The number of ether oxygens (including phenoxy) is 2. The molecule has 1 aromatic rings. The van der Waals surface area contributed by atoms with E-state index >= 15 is 0 Å². The molecule has 0 aromatic heterocycles. The summed E-state index contributed by atoms with van der Waals surface area (Å²) >= 11 is 3.41. The molecule has 0 saturated carbocycles. The molecule has 0 fully saturated rings. The number of methoxy groups -OCH3 is 1. The van der Waals surface area contributed by atoms with Gasteiger partial charge in [-0.1, -0.05) is 0 Å². The number of nitrogens with one attached hydrogen (secondary N) is 1. The van der Waals surface area contributed by atoms with Crippen molar-refractivity contribution < 1.29 is 14.6 Å². The minimum Gasteiger partial charge on any atom is -0.492 e. The van der Waals surface area contributed by atoms with Gasteiger partial charge in [0, 0.05) is 10.7 Å². The summed E-state index contributed by atoms with van der Waals surface area (Å²) in [6.45, 7) is 2.45. The number of rotatable bonds is 5. The van der Waals surface area contributed by atoms with Crippen molar-refractivity contribution in [1.82, 2.24) is 0 Å². The maximum atomic E-state index is 5.49. The normalized spacial score (nSPS) is 10.4. The Hall–Kier alpha value is -1.76. The number of guanidine groups is 1. The van der Waals surface area contributed by atoms with Crippen molar-refractivity contribution in [3.63, 3.8) is 0 Å².